The van der Waals surface area contributed by atoms with Crippen molar-refractivity contribution in [3.8, 4) is 11.4 Å². The average molecular weight is 361 g/mol. The predicted octanol–water partition coefficient (Wildman–Crippen LogP) is 3.44. The summed E-state index contributed by atoms with van der Waals surface area (Å²) in [5, 5.41) is 7.47. The van der Waals surface area contributed by atoms with E-state index in [4.69, 9.17) is 4.42 Å². The zero-order valence-electron chi connectivity index (χ0n) is 15.1. The summed E-state index contributed by atoms with van der Waals surface area (Å²) in [6.07, 6.45) is 3.30. The van der Waals surface area contributed by atoms with E-state index < -0.39 is 0 Å². The van der Waals surface area contributed by atoms with Gasteiger partial charge < -0.3 is 9.73 Å². The number of aromatic nitrogens is 4. The molecule has 7 heteroatoms. The van der Waals surface area contributed by atoms with Crippen LogP contribution in [-0.4, -0.2) is 25.5 Å². The first kappa shape index (κ1) is 17.0. The molecule has 136 valence electrons. The van der Waals surface area contributed by atoms with Crippen molar-refractivity contribution in [3.63, 3.8) is 0 Å². The number of nitrogens with one attached hydrogen (secondary N) is 1. The van der Waals surface area contributed by atoms with E-state index in [2.05, 4.69) is 34.2 Å². The normalized spacial score (nSPS) is 11.2. The number of rotatable bonds is 5. The summed E-state index contributed by atoms with van der Waals surface area (Å²) < 4.78 is 7.02. The van der Waals surface area contributed by atoms with Gasteiger partial charge in [-0.2, -0.15) is 5.10 Å². The largest absolute Gasteiger partial charge is 0.467 e. The van der Waals surface area contributed by atoms with E-state index in [0.29, 0.717) is 23.6 Å². The molecule has 4 rings (SSSR count). The highest BCUT2D eigenvalue weighted by molar-refractivity contribution is 5.92. The van der Waals surface area contributed by atoms with Crippen molar-refractivity contribution >= 4 is 11.6 Å². The van der Waals surface area contributed by atoms with Crippen LogP contribution in [0, 0.1) is 0 Å². The van der Waals surface area contributed by atoms with Crippen molar-refractivity contribution < 1.29 is 9.21 Å². The van der Waals surface area contributed by atoms with Gasteiger partial charge in [0.2, 0.25) is 0 Å². The highest BCUT2D eigenvalue weighted by Gasteiger charge is 2.17. The lowest BCUT2D eigenvalue weighted by molar-refractivity contribution is 0.0943. The Morgan fingerprint density at radius 2 is 2.07 bits per heavy atom. The highest BCUT2D eigenvalue weighted by Crippen LogP contribution is 2.22. The maximum Gasteiger partial charge on any atom is 0.270 e. The summed E-state index contributed by atoms with van der Waals surface area (Å²) in [7, 11) is 0. The first-order chi connectivity index (χ1) is 13.1. The summed E-state index contributed by atoms with van der Waals surface area (Å²) in [6, 6.07) is 12.9. The van der Waals surface area contributed by atoms with Gasteiger partial charge in [-0.05, 0) is 36.2 Å². The molecule has 0 saturated heterocycles. The van der Waals surface area contributed by atoms with Gasteiger partial charge in [-0.25, -0.2) is 9.50 Å². The minimum absolute atomic E-state index is 0.170. The molecular formula is C20H19N5O2. The number of fused-ring (bicyclic) bond motifs is 1. The Morgan fingerprint density at radius 3 is 2.78 bits per heavy atom. The predicted molar refractivity (Wildman–Crippen MR) is 100 cm³/mol. The van der Waals surface area contributed by atoms with E-state index in [0.717, 1.165) is 17.1 Å². The number of carbonyl (C=O) groups excluding carboxylic acids is 1. The Hall–Kier alpha value is -3.48. The number of nitrogens with zero attached hydrogens (tertiary/aromatic N) is 4. The van der Waals surface area contributed by atoms with E-state index in [-0.39, 0.29) is 11.8 Å². The van der Waals surface area contributed by atoms with Crippen LogP contribution in [0.5, 0.6) is 0 Å². The number of amides is 1. The first-order valence-corrected chi connectivity index (χ1v) is 8.74. The summed E-state index contributed by atoms with van der Waals surface area (Å²) in [5.41, 5.74) is 3.36. The minimum Gasteiger partial charge on any atom is -0.467 e. The maximum atomic E-state index is 12.6. The molecule has 0 aliphatic rings. The van der Waals surface area contributed by atoms with Crippen LogP contribution < -0.4 is 5.32 Å². The Bertz CT molecular complexity index is 1070. The molecule has 0 atom stereocenters. The Labute approximate surface area is 156 Å². The second kappa shape index (κ2) is 7.03. The molecule has 1 N–H and O–H groups in total. The van der Waals surface area contributed by atoms with E-state index >= 15 is 0 Å². The van der Waals surface area contributed by atoms with E-state index in [1.807, 2.05) is 30.3 Å². The van der Waals surface area contributed by atoms with Crippen molar-refractivity contribution in [2.24, 2.45) is 0 Å². The van der Waals surface area contributed by atoms with Crippen LogP contribution >= 0.6 is 0 Å². The van der Waals surface area contributed by atoms with Crippen molar-refractivity contribution in [1.82, 2.24) is 24.9 Å². The third kappa shape index (κ3) is 3.44. The Balaban J connectivity index is 1.70. The van der Waals surface area contributed by atoms with Crippen molar-refractivity contribution in [1.29, 1.82) is 0 Å². The number of hydrogen-bond acceptors (Lipinski definition) is 5. The lowest BCUT2D eigenvalue weighted by atomic mass is 10.1. The van der Waals surface area contributed by atoms with E-state index in [1.165, 1.54) is 0 Å². The fourth-order valence-electron chi connectivity index (χ4n) is 2.84. The van der Waals surface area contributed by atoms with Gasteiger partial charge in [0, 0.05) is 18.0 Å². The van der Waals surface area contributed by atoms with Crippen LogP contribution in [0.25, 0.3) is 17.0 Å². The van der Waals surface area contributed by atoms with Crippen molar-refractivity contribution in [3.05, 3.63) is 72.1 Å². The summed E-state index contributed by atoms with van der Waals surface area (Å²) in [6.45, 7) is 4.43. The number of furan rings is 1. The fourth-order valence-corrected chi connectivity index (χ4v) is 2.84. The zero-order valence-corrected chi connectivity index (χ0v) is 15.1. The lowest BCUT2D eigenvalue weighted by Crippen LogP contribution is -2.24. The van der Waals surface area contributed by atoms with Crippen LogP contribution in [0.3, 0.4) is 0 Å². The third-order valence-corrected chi connectivity index (χ3v) is 4.21. The molecule has 0 aromatic carbocycles. The van der Waals surface area contributed by atoms with Gasteiger partial charge >= 0.3 is 0 Å². The lowest BCUT2D eigenvalue weighted by Gasteiger charge is -2.10. The van der Waals surface area contributed by atoms with Gasteiger partial charge in [0.15, 0.2) is 5.65 Å². The second-order valence-electron chi connectivity index (χ2n) is 6.50. The molecule has 4 heterocycles. The maximum absolute atomic E-state index is 12.6. The van der Waals surface area contributed by atoms with Gasteiger partial charge in [0.1, 0.15) is 17.1 Å². The van der Waals surface area contributed by atoms with Crippen LogP contribution in [-0.2, 0) is 6.54 Å². The van der Waals surface area contributed by atoms with Gasteiger partial charge in [0.05, 0.1) is 18.5 Å². The molecule has 0 unspecified atom stereocenters. The molecule has 4 aromatic heterocycles. The standard InChI is InChI=1S/C20H19N5O2/c1-13(2)18-10-17(20(26)22-12-14-6-5-9-27-14)23-19-11-16(24-25(18)19)15-7-3-4-8-21-15/h3-11,13H,12H2,1-2H3,(H,22,26). The molecule has 0 aliphatic heterocycles. The van der Waals surface area contributed by atoms with Gasteiger partial charge in [-0.15, -0.1) is 0 Å². The minimum atomic E-state index is -0.253. The summed E-state index contributed by atoms with van der Waals surface area (Å²) in [5.74, 6) is 0.607. The van der Waals surface area contributed by atoms with Crippen LogP contribution in [0.1, 0.15) is 41.7 Å². The number of hydrogen-bond donors (Lipinski definition) is 1. The molecule has 0 bridgehead atoms. The molecule has 7 nitrogen and oxygen atoms in total. The summed E-state index contributed by atoms with van der Waals surface area (Å²) in [4.78, 5) is 21.4. The van der Waals surface area contributed by atoms with Gasteiger partial charge in [0.25, 0.3) is 5.91 Å². The fraction of sp³-hybridized carbons (Fsp3) is 0.200. The van der Waals surface area contributed by atoms with Crippen LogP contribution in [0.15, 0.2) is 59.3 Å². The third-order valence-electron chi connectivity index (χ3n) is 4.21. The topological polar surface area (TPSA) is 85.3 Å². The van der Waals surface area contributed by atoms with E-state index in [1.54, 1.807) is 29.1 Å². The first-order valence-electron chi connectivity index (χ1n) is 8.74. The smallest absolute Gasteiger partial charge is 0.270 e. The number of pyridine rings is 1. The SMILES string of the molecule is CC(C)c1cc(C(=O)NCc2ccco2)nc2cc(-c3ccccn3)nn12. The van der Waals surface area contributed by atoms with Gasteiger partial charge in [-0.1, -0.05) is 19.9 Å². The Kier molecular flexibility index (Phi) is 4.42. The molecule has 0 radical (unpaired) electrons. The van der Waals surface area contributed by atoms with Crippen molar-refractivity contribution in [2.75, 3.05) is 0 Å². The molecule has 1 amide bonds. The quantitative estimate of drug-likeness (QED) is 0.588. The van der Waals surface area contributed by atoms with Crippen molar-refractivity contribution in [2.45, 2.75) is 26.3 Å². The molecule has 0 aliphatic carbocycles. The molecule has 0 spiro atoms. The molecule has 0 fully saturated rings. The zero-order chi connectivity index (χ0) is 18.8. The number of carbonyl (C=O) groups is 1. The monoisotopic (exact) mass is 361 g/mol. The summed E-state index contributed by atoms with van der Waals surface area (Å²) >= 11 is 0. The molecule has 0 saturated carbocycles. The van der Waals surface area contributed by atoms with Crippen LogP contribution in [0.4, 0.5) is 0 Å². The molecule has 27 heavy (non-hydrogen) atoms. The van der Waals surface area contributed by atoms with Gasteiger partial charge in [-0.3, -0.25) is 9.78 Å². The van der Waals surface area contributed by atoms with Crippen LogP contribution in [0.2, 0.25) is 0 Å². The highest BCUT2D eigenvalue weighted by atomic mass is 16.3. The Morgan fingerprint density at radius 1 is 1.19 bits per heavy atom. The second-order valence-corrected chi connectivity index (χ2v) is 6.50. The van der Waals surface area contributed by atoms with E-state index in [9.17, 15) is 4.79 Å². The molecular weight excluding hydrogens is 342 g/mol. The average Bonchev–Trinajstić information content (AvgIpc) is 3.35. The molecule has 4 aromatic rings.